The molecule has 3 aromatic rings. The number of amides is 2. The van der Waals surface area contributed by atoms with Gasteiger partial charge >= 0.3 is 0 Å². The number of hydrogen-bond acceptors (Lipinski definition) is 3. The standard InChI is InChI=1S/C22H16ClNO3/c1-13-7-9-19(14(2)11-13)27-20-10-8-15(12-18(20)23)24-21(25)16-5-3-4-6-17(16)22(24)26/h3-12H,1-2H3. The highest BCUT2D eigenvalue weighted by Gasteiger charge is 2.36. The summed E-state index contributed by atoms with van der Waals surface area (Å²) in [6, 6.07) is 17.5. The van der Waals surface area contributed by atoms with Crippen LogP contribution in [0.15, 0.2) is 60.7 Å². The predicted molar refractivity (Wildman–Crippen MR) is 105 cm³/mol. The maximum atomic E-state index is 12.6. The van der Waals surface area contributed by atoms with E-state index in [1.54, 1.807) is 42.5 Å². The number of halogens is 1. The van der Waals surface area contributed by atoms with Gasteiger partial charge in [-0.1, -0.05) is 41.4 Å². The van der Waals surface area contributed by atoms with Crippen LogP contribution in [0.2, 0.25) is 5.02 Å². The molecule has 4 nitrogen and oxygen atoms in total. The second-order valence-electron chi connectivity index (χ2n) is 6.48. The zero-order valence-corrected chi connectivity index (χ0v) is 15.6. The molecule has 0 fully saturated rings. The van der Waals surface area contributed by atoms with Crippen LogP contribution in [-0.2, 0) is 0 Å². The van der Waals surface area contributed by atoms with Crippen molar-refractivity contribution in [3.8, 4) is 11.5 Å². The summed E-state index contributed by atoms with van der Waals surface area (Å²) in [6.07, 6.45) is 0. The highest BCUT2D eigenvalue weighted by molar-refractivity contribution is 6.36. The van der Waals surface area contributed by atoms with Gasteiger partial charge in [0, 0.05) is 0 Å². The van der Waals surface area contributed by atoms with E-state index in [0.717, 1.165) is 16.0 Å². The molecular formula is C22H16ClNO3. The molecule has 4 rings (SSSR count). The lowest BCUT2D eigenvalue weighted by atomic mass is 10.1. The van der Waals surface area contributed by atoms with Crippen LogP contribution < -0.4 is 9.64 Å². The minimum atomic E-state index is -0.352. The smallest absolute Gasteiger partial charge is 0.266 e. The Morgan fingerprint density at radius 2 is 1.44 bits per heavy atom. The van der Waals surface area contributed by atoms with Gasteiger partial charge in [0.25, 0.3) is 11.8 Å². The minimum Gasteiger partial charge on any atom is -0.456 e. The molecule has 3 aromatic carbocycles. The Morgan fingerprint density at radius 3 is 2.04 bits per heavy atom. The van der Waals surface area contributed by atoms with E-state index in [4.69, 9.17) is 16.3 Å². The minimum absolute atomic E-state index is 0.323. The average molecular weight is 378 g/mol. The lowest BCUT2D eigenvalue weighted by Gasteiger charge is -2.16. The van der Waals surface area contributed by atoms with E-state index in [1.165, 1.54) is 0 Å². The first-order valence-corrected chi connectivity index (χ1v) is 8.86. The highest BCUT2D eigenvalue weighted by atomic mass is 35.5. The van der Waals surface area contributed by atoms with Gasteiger partial charge in [0.2, 0.25) is 0 Å². The van der Waals surface area contributed by atoms with Crippen LogP contribution in [-0.4, -0.2) is 11.8 Å². The van der Waals surface area contributed by atoms with Gasteiger partial charge in [-0.25, -0.2) is 4.90 Å². The van der Waals surface area contributed by atoms with Gasteiger partial charge in [0.1, 0.15) is 11.5 Å². The highest BCUT2D eigenvalue weighted by Crippen LogP contribution is 2.36. The van der Waals surface area contributed by atoms with Crippen LogP contribution in [0.25, 0.3) is 0 Å². The number of ether oxygens (including phenoxy) is 1. The molecule has 0 saturated heterocycles. The van der Waals surface area contributed by atoms with Gasteiger partial charge in [-0.15, -0.1) is 0 Å². The summed E-state index contributed by atoms with van der Waals surface area (Å²) < 4.78 is 5.91. The summed E-state index contributed by atoms with van der Waals surface area (Å²) in [6.45, 7) is 3.98. The third-order valence-corrected chi connectivity index (χ3v) is 4.81. The average Bonchev–Trinajstić information content (AvgIpc) is 2.90. The molecule has 0 N–H and O–H groups in total. The zero-order valence-electron chi connectivity index (χ0n) is 14.8. The fourth-order valence-corrected chi connectivity index (χ4v) is 3.38. The van der Waals surface area contributed by atoms with Gasteiger partial charge in [-0.05, 0) is 55.8 Å². The molecule has 1 aliphatic rings. The predicted octanol–water partition coefficient (Wildman–Crippen LogP) is 5.55. The number of nitrogens with zero attached hydrogens (tertiary/aromatic N) is 1. The molecule has 2 amide bonds. The second kappa shape index (κ2) is 6.56. The van der Waals surface area contributed by atoms with Gasteiger partial charge in [0.05, 0.1) is 21.8 Å². The summed E-state index contributed by atoms with van der Waals surface area (Å²) >= 11 is 6.37. The number of anilines is 1. The summed E-state index contributed by atoms with van der Waals surface area (Å²) in [5, 5.41) is 0.323. The zero-order chi connectivity index (χ0) is 19.1. The maximum absolute atomic E-state index is 12.6. The Balaban J connectivity index is 1.65. The summed E-state index contributed by atoms with van der Waals surface area (Å²) in [4.78, 5) is 26.3. The molecular weight excluding hydrogens is 362 g/mol. The maximum Gasteiger partial charge on any atom is 0.266 e. The molecule has 0 spiro atoms. The van der Waals surface area contributed by atoms with Gasteiger partial charge < -0.3 is 4.74 Å². The molecule has 0 radical (unpaired) electrons. The van der Waals surface area contributed by atoms with E-state index >= 15 is 0 Å². The Morgan fingerprint density at radius 1 is 0.815 bits per heavy atom. The lowest BCUT2D eigenvalue weighted by molar-refractivity contribution is 0.0926. The van der Waals surface area contributed by atoms with E-state index in [0.29, 0.717) is 33.3 Å². The summed E-state index contributed by atoms with van der Waals surface area (Å²) in [7, 11) is 0. The molecule has 27 heavy (non-hydrogen) atoms. The first-order chi connectivity index (χ1) is 13.0. The first kappa shape index (κ1) is 17.3. The monoisotopic (exact) mass is 377 g/mol. The van der Waals surface area contributed by atoms with Crippen molar-refractivity contribution in [1.29, 1.82) is 0 Å². The number of benzene rings is 3. The van der Waals surface area contributed by atoms with Gasteiger partial charge in [0.15, 0.2) is 0 Å². The molecule has 0 aromatic heterocycles. The van der Waals surface area contributed by atoms with Crippen LogP contribution in [0, 0.1) is 13.8 Å². The Bertz CT molecular complexity index is 1060. The van der Waals surface area contributed by atoms with E-state index in [2.05, 4.69) is 0 Å². The topological polar surface area (TPSA) is 46.6 Å². The van der Waals surface area contributed by atoms with Gasteiger partial charge in [-0.2, -0.15) is 0 Å². The fraction of sp³-hybridized carbons (Fsp3) is 0.0909. The van der Waals surface area contributed by atoms with E-state index < -0.39 is 0 Å². The number of aryl methyl sites for hydroxylation is 2. The fourth-order valence-electron chi connectivity index (χ4n) is 3.17. The number of carbonyl (C=O) groups is 2. The van der Waals surface area contributed by atoms with Crippen LogP contribution >= 0.6 is 11.6 Å². The van der Waals surface area contributed by atoms with Crippen molar-refractivity contribution < 1.29 is 14.3 Å². The van der Waals surface area contributed by atoms with Gasteiger partial charge in [-0.3, -0.25) is 9.59 Å². The quantitative estimate of drug-likeness (QED) is 0.562. The Labute approximate surface area is 161 Å². The molecule has 0 unspecified atom stereocenters. The number of imide groups is 1. The van der Waals surface area contributed by atoms with Crippen LogP contribution in [0.5, 0.6) is 11.5 Å². The molecule has 1 heterocycles. The molecule has 0 aliphatic carbocycles. The Hall–Kier alpha value is -3.11. The van der Waals surface area contributed by atoms with Crippen molar-refractivity contribution in [2.45, 2.75) is 13.8 Å². The first-order valence-electron chi connectivity index (χ1n) is 8.48. The third kappa shape index (κ3) is 2.98. The van der Waals surface area contributed by atoms with Crippen molar-refractivity contribution in [3.63, 3.8) is 0 Å². The molecule has 1 aliphatic heterocycles. The number of hydrogen-bond donors (Lipinski definition) is 0. The van der Waals surface area contributed by atoms with Crippen molar-refractivity contribution in [1.82, 2.24) is 0 Å². The molecule has 5 heteroatoms. The van der Waals surface area contributed by atoms with Crippen molar-refractivity contribution >= 4 is 29.1 Å². The number of fused-ring (bicyclic) bond motifs is 1. The molecule has 0 atom stereocenters. The summed E-state index contributed by atoms with van der Waals surface area (Å²) in [5.41, 5.74) is 3.35. The van der Waals surface area contributed by atoms with E-state index in [1.807, 2.05) is 32.0 Å². The molecule has 0 saturated carbocycles. The SMILES string of the molecule is Cc1ccc(Oc2ccc(N3C(=O)c4ccccc4C3=O)cc2Cl)c(C)c1. The van der Waals surface area contributed by atoms with Crippen LogP contribution in [0.4, 0.5) is 5.69 Å². The van der Waals surface area contributed by atoms with Crippen molar-refractivity contribution in [2.75, 3.05) is 4.90 Å². The number of rotatable bonds is 3. The third-order valence-electron chi connectivity index (χ3n) is 4.52. The van der Waals surface area contributed by atoms with Crippen molar-refractivity contribution in [2.24, 2.45) is 0 Å². The molecule has 134 valence electrons. The second-order valence-corrected chi connectivity index (χ2v) is 6.88. The Kier molecular flexibility index (Phi) is 4.21. The summed E-state index contributed by atoms with van der Waals surface area (Å²) in [5.74, 6) is 0.462. The molecule has 0 bridgehead atoms. The largest absolute Gasteiger partial charge is 0.456 e. The van der Waals surface area contributed by atoms with Crippen LogP contribution in [0.3, 0.4) is 0 Å². The van der Waals surface area contributed by atoms with Crippen LogP contribution in [0.1, 0.15) is 31.8 Å². The van der Waals surface area contributed by atoms with E-state index in [-0.39, 0.29) is 11.8 Å². The number of carbonyl (C=O) groups excluding carboxylic acids is 2. The lowest BCUT2D eigenvalue weighted by Crippen LogP contribution is -2.29. The normalized spacial score (nSPS) is 13.1. The van der Waals surface area contributed by atoms with Crippen molar-refractivity contribution in [3.05, 3.63) is 87.9 Å². The van der Waals surface area contributed by atoms with E-state index in [9.17, 15) is 9.59 Å².